The summed E-state index contributed by atoms with van der Waals surface area (Å²) >= 11 is 0. The van der Waals surface area contributed by atoms with Gasteiger partial charge in [-0.1, -0.05) is 0 Å². The molecule has 3 aliphatic heterocycles. The van der Waals surface area contributed by atoms with Crippen molar-refractivity contribution in [1.82, 2.24) is 29.1 Å². The van der Waals surface area contributed by atoms with Crippen molar-refractivity contribution in [3.8, 4) is 0 Å². The van der Waals surface area contributed by atoms with Gasteiger partial charge in [-0.05, 0) is 0 Å². The van der Waals surface area contributed by atoms with Crippen LogP contribution in [0.1, 0.15) is 22.9 Å². The largest absolute Gasteiger partial charge is 0.472 e. The Morgan fingerprint density at radius 1 is 1.02 bits per heavy atom. The summed E-state index contributed by atoms with van der Waals surface area (Å²) in [6.07, 6.45) is -12.6. The predicted molar refractivity (Wildman–Crippen MR) is 139 cm³/mol. The highest BCUT2D eigenvalue weighted by Crippen LogP contribution is 2.53. The number of aromatic nitrogens is 6. The maximum Gasteiger partial charge on any atom is 0.472 e. The Labute approximate surface area is 243 Å². The fraction of sp³-hybridized carbons (Fsp3) is 0.526. The van der Waals surface area contributed by atoms with E-state index in [4.69, 9.17) is 45.0 Å². The van der Waals surface area contributed by atoms with Gasteiger partial charge in [0, 0.05) is 0 Å². The Balaban J connectivity index is 1.32. The van der Waals surface area contributed by atoms with E-state index >= 15 is 0 Å². The number of carbonyl (C=O) groups is 1. The summed E-state index contributed by atoms with van der Waals surface area (Å²) in [6.45, 7) is -0.886. The molecule has 3 saturated heterocycles. The number of primary amides is 1. The Kier molecular flexibility index (Phi) is 7.64. The van der Waals surface area contributed by atoms with Crippen LogP contribution in [0.4, 0.5) is 11.8 Å². The normalized spacial score (nSPS) is 38.1. The number of nitrogen functional groups attached to an aromatic ring is 2. The molecule has 0 saturated carbocycles. The van der Waals surface area contributed by atoms with Gasteiger partial charge in [0.15, 0.2) is 42.0 Å². The van der Waals surface area contributed by atoms with Crippen LogP contribution in [0, 0.1) is 0 Å². The van der Waals surface area contributed by atoms with Crippen LogP contribution in [0.25, 0.3) is 11.2 Å². The molecule has 0 aliphatic carbocycles. The first-order chi connectivity index (χ1) is 20.7. The van der Waals surface area contributed by atoms with E-state index in [1.165, 1.54) is 0 Å². The highest BCUT2D eigenvalue weighted by atomic mass is 31.2. The lowest BCUT2D eigenvalue weighted by Gasteiger charge is -2.25. The van der Waals surface area contributed by atoms with Gasteiger partial charge >= 0.3 is 15.4 Å². The predicted octanol–water partition coefficient (Wildman–Crippen LogP) is -3.19. The van der Waals surface area contributed by atoms with Crippen LogP contribution in [0.15, 0.2) is 17.4 Å². The van der Waals surface area contributed by atoms with E-state index in [-0.39, 0.29) is 28.6 Å². The minimum absolute atomic E-state index is 0.163. The van der Waals surface area contributed by atoms with E-state index in [1.54, 1.807) is 0 Å². The first-order valence-electron chi connectivity index (χ1n) is 12.4. The Morgan fingerprint density at radius 2 is 1.75 bits per heavy atom. The smallest absolute Gasteiger partial charge is 0.386 e. The molecule has 1 amide bonds. The molecule has 11 N–H and O–H groups in total. The average molecular weight is 665 g/mol. The number of rotatable bonds is 3. The zero-order valence-electron chi connectivity index (χ0n) is 21.9. The second-order valence-electron chi connectivity index (χ2n) is 9.80. The summed E-state index contributed by atoms with van der Waals surface area (Å²) in [7, 11) is -9.99. The monoisotopic (exact) mass is 665 g/mol. The fourth-order valence-corrected chi connectivity index (χ4v) is 6.91. The molecule has 3 aliphatic rings. The number of nitrogens with zero attached hydrogens (tertiary/aromatic N) is 5. The van der Waals surface area contributed by atoms with Crippen molar-refractivity contribution in [2.45, 2.75) is 49.3 Å². The SMILES string of the molecule is NC(=O)c1ncn([C@@H]2O[C@@H]3COP(=O)(O)OC4[C@@H](O)[C@@H](OCP(=O)(O)OC3C2O)O[C@H]4n2cnc3c(=O)[nH]c(N)nc32)c1N. The number of fused-ring (bicyclic) bond motifs is 4. The molecule has 2 bridgehead atoms. The number of aliphatic hydroxyl groups excluding tert-OH is 2. The van der Waals surface area contributed by atoms with E-state index in [0.29, 0.717) is 0 Å². The number of nitrogens with two attached hydrogens (primary N) is 3. The molecule has 25 heteroatoms. The number of phosphoric ester groups is 1. The van der Waals surface area contributed by atoms with Crippen LogP contribution in [0.3, 0.4) is 0 Å². The number of imidazole rings is 2. The zero-order valence-corrected chi connectivity index (χ0v) is 23.7. The molecule has 10 atom stereocenters. The van der Waals surface area contributed by atoms with Crippen molar-refractivity contribution in [3.05, 3.63) is 28.7 Å². The molecule has 23 nitrogen and oxygen atoms in total. The quantitative estimate of drug-likeness (QED) is 0.128. The Hall–Kier alpha value is -3.31. The first-order valence-corrected chi connectivity index (χ1v) is 15.7. The summed E-state index contributed by atoms with van der Waals surface area (Å²) in [6, 6.07) is 0. The topological polar surface area (TPSA) is 347 Å². The molecule has 6 heterocycles. The van der Waals surface area contributed by atoms with E-state index in [2.05, 4.69) is 19.9 Å². The molecule has 3 aromatic rings. The molecular formula is C19H25N9O14P2. The zero-order chi connectivity index (χ0) is 31.7. The maximum absolute atomic E-state index is 13.1. The van der Waals surface area contributed by atoms with Crippen molar-refractivity contribution >= 4 is 44.3 Å². The third-order valence-corrected chi connectivity index (χ3v) is 8.92. The lowest BCUT2D eigenvalue weighted by molar-refractivity contribution is -0.168. The Bertz CT molecular complexity index is 1760. The van der Waals surface area contributed by atoms with Gasteiger partial charge in [-0.25, -0.2) is 14.5 Å². The lowest BCUT2D eigenvalue weighted by atomic mass is 10.1. The van der Waals surface area contributed by atoms with Gasteiger partial charge < -0.3 is 51.4 Å². The molecule has 3 aromatic heterocycles. The van der Waals surface area contributed by atoms with Gasteiger partial charge in [-0.15, -0.1) is 0 Å². The van der Waals surface area contributed by atoms with Crippen molar-refractivity contribution in [3.63, 3.8) is 0 Å². The van der Waals surface area contributed by atoms with Crippen LogP contribution < -0.4 is 22.8 Å². The van der Waals surface area contributed by atoms with Gasteiger partial charge in [0.05, 0.1) is 19.3 Å². The van der Waals surface area contributed by atoms with E-state index in [1.807, 2.05) is 0 Å². The van der Waals surface area contributed by atoms with Gasteiger partial charge in [-0.2, -0.15) is 4.98 Å². The van der Waals surface area contributed by atoms with Crippen LogP contribution in [0.2, 0.25) is 0 Å². The van der Waals surface area contributed by atoms with Crippen molar-refractivity contribution in [1.29, 1.82) is 0 Å². The maximum atomic E-state index is 13.1. The van der Waals surface area contributed by atoms with Gasteiger partial charge in [-0.3, -0.25) is 41.8 Å². The number of carbonyl (C=O) groups excluding carboxylic acids is 1. The average Bonchev–Trinajstić information content (AvgIpc) is 3.67. The molecule has 5 unspecified atom stereocenters. The molecule has 0 spiro atoms. The van der Waals surface area contributed by atoms with Crippen molar-refractivity contribution in [2.75, 3.05) is 24.4 Å². The number of H-pyrrole nitrogens is 1. The third kappa shape index (κ3) is 5.42. The molecule has 0 aromatic carbocycles. The standard InChI is InChI=1S/C19H25N9O14P2/c20-12-6(13(21)31)23-2-27(12)16-8(29)10-5(39-16)1-38-44(35,36)42-11-9(30)18(37-4-43(33,34)41-10)40-17(11)28-3-24-7-14(28)25-19(22)26-15(7)32/h2-3,5,8-11,16-18,29-30H,1,4,20H2,(H2,21,31)(H,33,34)(H,35,36)(H3,22,25,26,32)/t5-,8?,9-,10?,11?,16-,17-,18+/m1/s1. The number of hydrogen-bond acceptors (Lipinski definition) is 17. The summed E-state index contributed by atoms with van der Waals surface area (Å²) in [4.78, 5) is 58.9. The number of aliphatic hydroxyl groups is 2. The minimum atomic E-state index is -5.16. The number of hydrogen-bond donors (Lipinski definition) is 8. The number of nitrogens with one attached hydrogen (secondary N) is 1. The summed E-state index contributed by atoms with van der Waals surface area (Å²) < 4.78 is 60.4. The fourth-order valence-electron chi connectivity index (χ4n) is 4.94. The van der Waals surface area contributed by atoms with Crippen LogP contribution >= 0.6 is 15.4 Å². The third-order valence-electron chi connectivity index (χ3n) is 6.89. The highest BCUT2D eigenvalue weighted by Gasteiger charge is 2.54. The molecule has 3 fully saturated rings. The Morgan fingerprint density at radius 3 is 2.45 bits per heavy atom. The minimum Gasteiger partial charge on any atom is -0.386 e. The second-order valence-corrected chi connectivity index (χ2v) is 13.0. The number of anilines is 2. The van der Waals surface area contributed by atoms with Crippen LogP contribution in [-0.2, 0) is 36.9 Å². The van der Waals surface area contributed by atoms with Gasteiger partial charge in [0.2, 0.25) is 5.95 Å². The number of ether oxygens (including phenoxy) is 3. The van der Waals surface area contributed by atoms with E-state index < -0.39 is 89.1 Å². The molecule has 240 valence electrons. The van der Waals surface area contributed by atoms with E-state index in [0.717, 1.165) is 21.8 Å². The van der Waals surface area contributed by atoms with Crippen LogP contribution in [0.5, 0.6) is 0 Å². The summed E-state index contributed by atoms with van der Waals surface area (Å²) in [5.41, 5.74) is 15.3. The van der Waals surface area contributed by atoms with Crippen molar-refractivity contribution in [2.24, 2.45) is 5.73 Å². The number of phosphoric acid groups is 1. The summed E-state index contributed by atoms with van der Waals surface area (Å²) in [5.74, 6) is -1.61. The van der Waals surface area contributed by atoms with Crippen molar-refractivity contribution < 1.29 is 61.7 Å². The van der Waals surface area contributed by atoms with E-state index in [9.17, 15) is 38.7 Å². The molecule has 44 heavy (non-hydrogen) atoms. The number of aromatic amines is 1. The highest BCUT2D eigenvalue weighted by molar-refractivity contribution is 7.52. The molecule has 0 radical (unpaired) electrons. The summed E-state index contributed by atoms with van der Waals surface area (Å²) in [5, 5.41) is 21.9. The molecular weight excluding hydrogens is 640 g/mol. The second kappa shape index (κ2) is 10.9. The molecule has 6 rings (SSSR count). The van der Waals surface area contributed by atoms with Gasteiger partial charge in [0.1, 0.15) is 36.3 Å². The van der Waals surface area contributed by atoms with Crippen LogP contribution in [-0.4, -0.2) is 105 Å². The van der Waals surface area contributed by atoms with Gasteiger partial charge in [0.25, 0.3) is 11.5 Å². The number of amides is 1. The first kappa shape index (κ1) is 30.7. The lowest BCUT2D eigenvalue weighted by Crippen LogP contribution is -2.36.